The van der Waals surface area contributed by atoms with E-state index in [0.29, 0.717) is 0 Å². The van der Waals surface area contributed by atoms with E-state index in [1.165, 1.54) is 27.9 Å². The van der Waals surface area contributed by atoms with Crippen LogP contribution in [0.1, 0.15) is 22.3 Å². The van der Waals surface area contributed by atoms with Gasteiger partial charge in [-0.15, -0.1) is 10.2 Å². The number of nitrogens with zero attached hydrogens (tertiary/aromatic N) is 4. The highest BCUT2D eigenvalue weighted by Gasteiger charge is 2.25. The fraction of sp³-hybridized carbons (Fsp3) is 0.300. The van der Waals surface area contributed by atoms with E-state index in [-0.39, 0.29) is 0 Å². The Bertz CT molecular complexity index is 899. The summed E-state index contributed by atoms with van der Waals surface area (Å²) < 4.78 is 2.23. The molecule has 2 heterocycles. The quantitative estimate of drug-likeness (QED) is 0.642. The van der Waals surface area contributed by atoms with Crippen molar-refractivity contribution in [1.82, 2.24) is 14.8 Å². The van der Waals surface area contributed by atoms with Crippen molar-refractivity contribution in [2.75, 3.05) is 11.4 Å². The Labute approximate surface area is 152 Å². The molecule has 0 spiro atoms. The normalized spacial score (nSPS) is 13.3. The number of hydrogen-bond acceptors (Lipinski definition) is 4. The standard InChI is InChI=1S/C20H22N4S/c1-14-5-8-18(9-6-14)23-10-11-24-19(23)21-22-20(24)25-13-17-12-15(2)4-7-16(17)3/h4-9,12H,10-11,13H2,1-3H3. The van der Waals surface area contributed by atoms with Gasteiger partial charge in [0.05, 0.1) is 0 Å². The Balaban J connectivity index is 1.53. The van der Waals surface area contributed by atoms with Gasteiger partial charge in [0.15, 0.2) is 5.16 Å². The maximum Gasteiger partial charge on any atom is 0.232 e. The molecule has 0 unspecified atom stereocenters. The molecule has 0 saturated heterocycles. The van der Waals surface area contributed by atoms with Crippen molar-refractivity contribution in [3.63, 3.8) is 0 Å². The summed E-state index contributed by atoms with van der Waals surface area (Å²) in [4.78, 5) is 2.24. The third-order valence-electron chi connectivity index (χ3n) is 4.69. The molecule has 0 atom stereocenters. The Morgan fingerprint density at radius 2 is 1.68 bits per heavy atom. The Morgan fingerprint density at radius 3 is 2.48 bits per heavy atom. The molecular formula is C20H22N4S. The molecule has 4 nitrogen and oxygen atoms in total. The van der Waals surface area contributed by atoms with Crippen LogP contribution in [0.3, 0.4) is 0 Å². The van der Waals surface area contributed by atoms with Gasteiger partial charge in [-0.3, -0.25) is 4.57 Å². The van der Waals surface area contributed by atoms with Crippen LogP contribution in [-0.2, 0) is 12.3 Å². The van der Waals surface area contributed by atoms with E-state index in [4.69, 9.17) is 0 Å². The number of benzene rings is 2. The van der Waals surface area contributed by atoms with Gasteiger partial charge in [-0.25, -0.2) is 0 Å². The minimum atomic E-state index is 0.927. The summed E-state index contributed by atoms with van der Waals surface area (Å²) in [6, 6.07) is 15.2. The van der Waals surface area contributed by atoms with Crippen molar-refractivity contribution in [3.05, 3.63) is 64.7 Å². The van der Waals surface area contributed by atoms with Gasteiger partial charge < -0.3 is 4.90 Å². The van der Waals surface area contributed by atoms with Crippen LogP contribution in [0.2, 0.25) is 0 Å². The maximum atomic E-state index is 4.45. The number of anilines is 2. The first-order valence-corrected chi connectivity index (χ1v) is 9.57. The zero-order chi connectivity index (χ0) is 17.4. The van der Waals surface area contributed by atoms with E-state index in [0.717, 1.165) is 29.9 Å². The molecule has 0 bridgehead atoms. The van der Waals surface area contributed by atoms with Crippen LogP contribution in [-0.4, -0.2) is 21.3 Å². The molecule has 1 aliphatic rings. The van der Waals surface area contributed by atoms with Crippen LogP contribution in [0.25, 0.3) is 0 Å². The largest absolute Gasteiger partial charge is 0.309 e. The number of aryl methyl sites for hydroxylation is 3. The van der Waals surface area contributed by atoms with E-state index in [1.807, 2.05) is 0 Å². The highest BCUT2D eigenvalue weighted by molar-refractivity contribution is 7.98. The topological polar surface area (TPSA) is 34.0 Å². The monoisotopic (exact) mass is 350 g/mol. The Hall–Kier alpha value is -2.27. The van der Waals surface area contributed by atoms with Gasteiger partial charge in [0.25, 0.3) is 0 Å². The van der Waals surface area contributed by atoms with E-state index >= 15 is 0 Å². The molecule has 5 heteroatoms. The molecule has 0 amide bonds. The summed E-state index contributed by atoms with van der Waals surface area (Å²) in [5.74, 6) is 1.88. The Kier molecular flexibility index (Phi) is 4.25. The van der Waals surface area contributed by atoms with Gasteiger partial charge in [0, 0.05) is 24.5 Å². The second-order valence-corrected chi connectivity index (χ2v) is 7.58. The van der Waals surface area contributed by atoms with Crippen molar-refractivity contribution >= 4 is 23.4 Å². The van der Waals surface area contributed by atoms with Crippen LogP contribution < -0.4 is 4.90 Å². The number of fused-ring (bicyclic) bond motifs is 1. The molecule has 0 fully saturated rings. The molecular weight excluding hydrogens is 328 g/mol. The summed E-state index contributed by atoms with van der Waals surface area (Å²) in [6.07, 6.45) is 0. The molecule has 2 aromatic carbocycles. The molecule has 0 N–H and O–H groups in total. The van der Waals surface area contributed by atoms with E-state index in [2.05, 4.69) is 82.9 Å². The molecule has 1 aromatic heterocycles. The smallest absolute Gasteiger partial charge is 0.232 e. The second kappa shape index (κ2) is 6.56. The predicted molar refractivity (Wildman–Crippen MR) is 104 cm³/mol. The summed E-state index contributed by atoms with van der Waals surface area (Å²) in [5, 5.41) is 9.88. The summed E-state index contributed by atoms with van der Waals surface area (Å²) in [6.45, 7) is 8.30. The van der Waals surface area contributed by atoms with E-state index in [9.17, 15) is 0 Å². The average molecular weight is 350 g/mol. The van der Waals surface area contributed by atoms with Gasteiger partial charge in [-0.05, 0) is 44.0 Å². The van der Waals surface area contributed by atoms with Crippen molar-refractivity contribution in [1.29, 1.82) is 0 Å². The minimum absolute atomic E-state index is 0.927. The van der Waals surface area contributed by atoms with E-state index in [1.54, 1.807) is 11.8 Å². The molecule has 0 saturated carbocycles. The van der Waals surface area contributed by atoms with Crippen LogP contribution in [0, 0.1) is 20.8 Å². The highest BCUT2D eigenvalue weighted by Crippen LogP contribution is 2.33. The van der Waals surface area contributed by atoms with Gasteiger partial charge >= 0.3 is 0 Å². The van der Waals surface area contributed by atoms with Crippen molar-refractivity contribution < 1.29 is 0 Å². The lowest BCUT2D eigenvalue weighted by Gasteiger charge is -2.15. The van der Waals surface area contributed by atoms with Crippen molar-refractivity contribution in [2.45, 2.75) is 38.2 Å². The molecule has 0 aliphatic carbocycles. The maximum absolute atomic E-state index is 4.45. The van der Waals surface area contributed by atoms with Crippen LogP contribution in [0.4, 0.5) is 11.6 Å². The minimum Gasteiger partial charge on any atom is -0.309 e. The summed E-state index contributed by atoms with van der Waals surface area (Å²) >= 11 is 1.77. The van der Waals surface area contributed by atoms with Crippen molar-refractivity contribution in [3.8, 4) is 0 Å². The summed E-state index contributed by atoms with van der Waals surface area (Å²) in [5.41, 5.74) is 6.46. The van der Waals surface area contributed by atoms with Gasteiger partial charge in [-0.2, -0.15) is 0 Å². The number of rotatable bonds is 4. The molecule has 1 aliphatic heterocycles. The molecule has 4 rings (SSSR count). The summed E-state index contributed by atoms with van der Waals surface area (Å²) in [7, 11) is 0. The predicted octanol–water partition coefficient (Wildman–Crippen LogP) is 4.65. The molecule has 128 valence electrons. The third-order valence-corrected chi connectivity index (χ3v) is 5.71. The zero-order valence-electron chi connectivity index (χ0n) is 14.9. The Morgan fingerprint density at radius 1 is 0.920 bits per heavy atom. The fourth-order valence-electron chi connectivity index (χ4n) is 3.15. The first-order valence-electron chi connectivity index (χ1n) is 8.58. The molecule has 3 aromatic rings. The highest BCUT2D eigenvalue weighted by atomic mass is 32.2. The lowest BCUT2D eigenvalue weighted by atomic mass is 10.1. The van der Waals surface area contributed by atoms with Crippen LogP contribution in [0.15, 0.2) is 47.6 Å². The fourth-order valence-corrected chi connectivity index (χ4v) is 4.17. The van der Waals surface area contributed by atoms with Crippen molar-refractivity contribution in [2.24, 2.45) is 0 Å². The second-order valence-electron chi connectivity index (χ2n) is 6.64. The zero-order valence-corrected chi connectivity index (χ0v) is 15.7. The molecule has 25 heavy (non-hydrogen) atoms. The van der Waals surface area contributed by atoms with Crippen LogP contribution in [0.5, 0.6) is 0 Å². The van der Waals surface area contributed by atoms with Crippen LogP contribution >= 0.6 is 11.8 Å². The number of hydrogen-bond donors (Lipinski definition) is 0. The SMILES string of the molecule is Cc1ccc(N2CCn3c(SCc4cc(C)ccc4C)nnc32)cc1. The van der Waals surface area contributed by atoms with E-state index < -0.39 is 0 Å². The average Bonchev–Trinajstić information content (AvgIpc) is 3.19. The lowest BCUT2D eigenvalue weighted by Crippen LogP contribution is -2.14. The number of thioether (sulfide) groups is 1. The van der Waals surface area contributed by atoms with Gasteiger partial charge in [0.2, 0.25) is 5.95 Å². The first kappa shape index (κ1) is 16.2. The van der Waals surface area contributed by atoms with Gasteiger partial charge in [0.1, 0.15) is 0 Å². The molecule has 0 radical (unpaired) electrons. The lowest BCUT2D eigenvalue weighted by molar-refractivity contribution is 0.704. The number of aromatic nitrogens is 3. The third kappa shape index (κ3) is 3.16. The van der Waals surface area contributed by atoms with Gasteiger partial charge in [-0.1, -0.05) is 53.2 Å². The first-order chi connectivity index (χ1) is 12.1.